The molecule has 0 aromatic heterocycles. The molecule has 0 amide bonds. The van der Waals surface area contributed by atoms with Crippen molar-refractivity contribution < 1.29 is 9.00 Å². The van der Waals surface area contributed by atoms with Gasteiger partial charge in [-0.1, -0.05) is 65.0 Å². The van der Waals surface area contributed by atoms with Gasteiger partial charge in [-0.15, -0.1) is 0 Å². The Balaban J connectivity index is 1.73. The van der Waals surface area contributed by atoms with Gasteiger partial charge in [0.1, 0.15) is 0 Å². The van der Waals surface area contributed by atoms with Gasteiger partial charge < -0.3 is 0 Å². The number of hydrogen-bond acceptors (Lipinski definition) is 2. The molecule has 3 heteroatoms. The second-order valence-electron chi connectivity index (χ2n) is 9.72. The third-order valence-corrected chi connectivity index (χ3v) is 8.02. The molecule has 2 nitrogen and oxygen atoms in total. The van der Waals surface area contributed by atoms with Crippen LogP contribution < -0.4 is 0 Å². The molecule has 0 bridgehead atoms. The molecule has 1 aliphatic rings. The van der Waals surface area contributed by atoms with Crippen LogP contribution >= 0.6 is 0 Å². The van der Waals surface area contributed by atoms with E-state index in [2.05, 4.69) is 39.8 Å². The van der Waals surface area contributed by atoms with Crippen LogP contribution in [0.25, 0.3) is 10.8 Å². The largest absolute Gasteiger partial charge is 0.289 e. The van der Waals surface area contributed by atoms with E-state index >= 15 is 0 Å². The third kappa shape index (κ3) is 3.65. The molecule has 3 aromatic carbocycles. The molecule has 0 fully saturated rings. The summed E-state index contributed by atoms with van der Waals surface area (Å²) in [5.74, 6) is 0.660. The Hall–Kier alpha value is -2.26. The quantitative estimate of drug-likeness (QED) is 0.450. The summed E-state index contributed by atoms with van der Waals surface area (Å²) in [5.41, 5.74) is 4.34. The SMILES string of the molecule is CCS(=O)c1ccc2cc(C(=O)c3ccc4c(c3)C(C)(C)CCC4(C)C)ccc2c1. The van der Waals surface area contributed by atoms with E-state index in [1.807, 2.05) is 49.4 Å². The van der Waals surface area contributed by atoms with Gasteiger partial charge in [0.25, 0.3) is 0 Å². The summed E-state index contributed by atoms with van der Waals surface area (Å²) >= 11 is 0. The maximum Gasteiger partial charge on any atom is 0.193 e. The number of hydrogen-bond donors (Lipinski definition) is 0. The predicted octanol–water partition coefficient (Wildman–Crippen LogP) is 6.55. The maximum atomic E-state index is 13.3. The van der Waals surface area contributed by atoms with E-state index in [-0.39, 0.29) is 16.6 Å². The molecule has 3 aromatic rings. The highest BCUT2D eigenvalue weighted by molar-refractivity contribution is 7.85. The van der Waals surface area contributed by atoms with Crippen LogP contribution in [0.15, 0.2) is 59.5 Å². The number of fused-ring (bicyclic) bond motifs is 2. The van der Waals surface area contributed by atoms with E-state index in [0.717, 1.165) is 34.1 Å². The minimum absolute atomic E-state index is 0.0556. The van der Waals surface area contributed by atoms with Crippen molar-refractivity contribution in [3.63, 3.8) is 0 Å². The van der Waals surface area contributed by atoms with Crippen LogP contribution in [-0.4, -0.2) is 15.7 Å². The number of ketones is 1. The molecule has 0 heterocycles. The topological polar surface area (TPSA) is 34.1 Å². The maximum absolute atomic E-state index is 13.3. The Morgan fingerprint density at radius 3 is 2.07 bits per heavy atom. The Morgan fingerprint density at radius 2 is 1.37 bits per heavy atom. The highest BCUT2D eigenvalue weighted by Gasteiger charge is 2.37. The first-order valence-corrected chi connectivity index (χ1v) is 12.1. The molecule has 0 aliphatic heterocycles. The lowest BCUT2D eigenvalue weighted by Crippen LogP contribution is -2.34. The summed E-state index contributed by atoms with van der Waals surface area (Å²) < 4.78 is 12.1. The van der Waals surface area contributed by atoms with Gasteiger partial charge in [-0.05, 0) is 69.8 Å². The highest BCUT2D eigenvalue weighted by Crippen LogP contribution is 2.46. The smallest absolute Gasteiger partial charge is 0.193 e. The first kappa shape index (κ1) is 21.0. The van der Waals surface area contributed by atoms with Gasteiger partial charge in [0.05, 0.1) is 10.8 Å². The summed E-state index contributed by atoms with van der Waals surface area (Å²) in [4.78, 5) is 14.2. The van der Waals surface area contributed by atoms with Crippen LogP contribution in [0.5, 0.6) is 0 Å². The molecule has 1 unspecified atom stereocenters. The van der Waals surface area contributed by atoms with Crippen molar-refractivity contribution in [2.24, 2.45) is 0 Å². The molecule has 4 rings (SSSR count). The van der Waals surface area contributed by atoms with Crippen molar-refractivity contribution in [2.75, 3.05) is 5.75 Å². The number of rotatable bonds is 4. The molecular formula is C27H30O2S. The summed E-state index contributed by atoms with van der Waals surface area (Å²) in [5, 5.41) is 2.01. The number of benzene rings is 3. The lowest BCUT2D eigenvalue weighted by molar-refractivity contribution is 0.103. The second-order valence-corrected chi connectivity index (χ2v) is 11.5. The fourth-order valence-corrected chi connectivity index (χ4v) is 5.38. The summed E-state index contributed by atoms with van der Waals surface area (Å²) in [6.45, 7) is 11.1. The molecule has 30 heavy (non-hydrogen) atoms. The van der Waals surface area contributed by atoms with E-state index in [4.69, 9.17) is 0 Å². The summed E-state index contributed by atoms with van der Waals surface area (Å²) in [7, 11) is -0.973. The van der Waals surface area contributed by atoms with E-state index < -0.39 is 10.8 Å². The van der Waals surface area contributed by atoms with Crippen molar-refractivity contribution in [3.8, 4) is 0 Å². The van der Waals surface area contributed by atoms with Crippen LogP contribution in [0.4, 0.5) is 0 Å². The zero-order chi connectivity index (χ0) is 21.7. The van der Waals surface area contributed by atoms with E-state index in [9.17, 15) is 9.00 Å². The first-order valence-electron chi connectivity index (χ1n) is 10.7. The van der Waals surface area contributed by atoms with Gasteiger partial charge in [0.15, 0.2) is 5.78 Å². The molecule has 0 saturated heterocycles. The Kier molecular flexibility index (Phi) is 5.22. The van der Waals surface area contributed by atoms with Crippen LogP contribution in [0.1, 0.15) is 74.5 Å². The van der Waals surface area contributed by atoms with Crippen molar-refractivity contribution >= 4 is 27.4 Å². The second kappa shape index (κ2) is 7.46. The number of carbonyl (C=O) groups is 1. The molecule has 1 aliphatic carbocycles. The van der Waals surface area contributed by atoms with E-state index in [1.165, 1.54) is 11.1 Å². The zero-order valence-corrected chi connectivity index (χ0v) is 19.4. The fourth-order valence-electron chi connectivity index (χ4n) is 4.57. The van der Waals surface area contributed by atoms with Crippen LogP contribution in [0.2, 0.25) is 0 Å². The van der Waals surface area contributed by atoms with Crippen molar-refractivity contribution in [1.82, 2.24) is 0 Å². The van der Waals surface area contributed by atoms with Gasteiger partial charge in [-0.3, -0.25) is 9.00 Å². The Labute approximate surface area is 182 Å². The van der Waals surface area contributed by atoms with Crippen molar-refractivity contribution in [1.29, 1.82) is 0 Å². The molecule has 0 spiro atoms. The molecule has 156 valence electrons. The Morgan fingerprint density at radius 1 is 0.800 bits per heavy atom. The third-order valence-electron chi connectivity index (χ3n) is 6.71. The average molecular weight is 419 g/mol. The fraction of sp³-hybridized carbons (Fsp3) is 0.370. The number of carbonyl (C=O) groups excluding carboxylic acids is 1. The summed E-state index contributed by atoms with van der Waals surface area (Å²) in [6, 6.07) is 17.9. The summed E-state index contributed by atoms with van der Waals surface area (Å²) in [6.07, 6.45) is 2.29. The van der Waals surface area contributed by atoms with Crippen molar-refractivity contribution in [2.45, 2.75) is 63.2 Å². The van der Waals surface area contributed by atoms with Gasteiger partial charge in [0.2, 0.25) is 0 Å². The average Bonchev–Trinajstić information content (AvgIpc) is 2.75. The lowest BCUT2D eigenvalue weighted by atomic mass is 9.63. The normalized spacial score (nSPS) is 18.0. The predicted molar refractivity (Wildman–Crippen MR) is 126 cm³/mol. The molecule has 0 N–H and O–H groups in total. The molecule has 1 atom stereocenters. The van der Waals surface area contributed by atoms with Gasteiger partial charge in [0, 0.05) is 21.8 Å². The van der Waals surface area contributed by atoms with Crippen LogP contribution in [-0.2, 0) is 21.6 Å². The monoisotopic (exact) mass is 418 g/mol. The highest BCUT2D eigenvalue weighted by atomic mass is 32.2. The molecule has 0 radical (unpaired) electrons. The minimum Gasteiger partial charge on any atom is -0.289 e. The van der Waals surface area contributed by atoms with Crippen LogP contribution in [0, 0.1) is 0 Å². The van der Waals surface area contributed by atoms with Gasteiger partial charge in [-0.25, -0.2) is 0 Å². The standard InChI is InChI=1S/C27H30O2S/c1-6-30(29)22-11-9-18-15-20(8-7-19(18)16-22)25(28)21-10-12-23-24(17-21)27(4,5)14-13-26(23,2)3/h7-12,15-17H,6,13-14H2,1-5H3. The van der Waals surface area contributed by atoms with Crippen molar-refractivity contribution in [3.05, 3.63) is 76.9 Å². The van der Waals surface area contributed by atoms with E-state index in [1.54, 1.807) is 0 Å². The lowest BCUT2D eigenvalue weighted by Gasteiger charge is -2.42. The van der Waals surface area contributed by atoms with Crippen LogP contribution in [0.3, 0.4) is 0 Å². The molecule has 0 saturated carbocycles. The van der Waals surface area contributed by atoms with E-state index in [0.29, 0.717) is 11.3 Å². The Bertz CT molecular complexity index is 1170. The zero-order valence-electron chi connectivity index (χ0n) is 18.5. The minimum atomic E-state index is -0.973. The van der Waals surface area contributed by atoms with Gasteiger partial charge >= 0.3 is 0 Å². The molecular weight excluding hydrogens is 388 g/mol. The van der Waals surface area contributed by atoms with Gasteiger partial charge in [-0.2, -0.15) is 0 Å². The first-order chi connectivity index (χ1) is 14.1.